The molecule has 4 heteroatoms. The highest BCUT2D eigenvalue weighted by molar-refractivity contribution is 7.85. The van der Waals surface area contributed by atoms with Gasteiger partial charge in [-0.1, -0.05) is 31.5 Å². The van der Waals surface area contributed by atoms with E-state index >= 15 is 0 Å². The molecule has 1 aliphatic heterocycles. The Morgan fingerprint density at radius 3 is 2.73 bits per heavy atom. The van der Waals surface area contributed by atoms with Gasteiger partial charge in [0.05, 0.1) is 10.8 Å². The highest BCUT2D eigenvalue weighted by atomic mass is 32.2. The molecule has 0 fully saturated rings. The van der Waals surface area contributed by atoms with Gasteiger partial charge < -0.3 is 5.73 Å². The molecule has 2 N–H and O–H groups in total. The van der Waals surface area contributed by atoms with Crippen LogP contribution in [0.4, 0.5) is 0 Å². The van der Waals surface area contributed by atoms with Crippen molar-refractivity contribution in [2.75, 3.05) is 0 Å². The number of nitrogens with two attached hydrogens (primary N) is 1. The first-order valence-corrected chi connectivity index (χ1v) is 8.72. The average Bonchev–Trinajstić information content (AvgIpc) is 2.53. The highest BCUT2D eigenvalue weighted by Crippen LogP contribution is 2.34. The molecule has 0 saturated carbocycles. The van der Waals surface area contributed by atoms with Crippen molar-refractivity contribution in [2.45, 2.75) is 42.4 Å². The molecule has 3 nitrogen and oxygen atoms in total. The molecule has 0 spiro atoms. The van der Waals surface area contributed by atoms with E-state index in [4.69, 9.17) is 5.73 Å². The predicted molar refractivity (Wildman–Crippen MR) is 87.5 cm³/mol. The number of unbranched alkanes of at least 4 members (excludes halogenated alkanes) is 1. The third-order valence-corrected chi connectivity index (χ3v) is 5.69. The van der Waals surface area contributed by atoms with Gasteiger partial charge in [-0.3, -0.25) is 4.79 Å². The molecule has 1 unspecified atom stereocenters. The van der Waals surface area contributed by atoms with Gasteiger partial charge in [0.25, 0.3) is 0 Å². The third kappa shape index (κ3) is 2.59. The van der Waals surface area contributed by atoms with Gasteiger partial charge >= 0.3 is 0 Å². The number of primary amides is 1. The van der Waals surface area contributed by atoms with Crippen LogP contribution in [-0.2, 0) is 23.6 Å². The van der Waals surface area contributed by atoms with E-state index in [1.54, 1.807) is 6.07 Å². The smallest absolute Gasteiger partial charge is 0.248 e. The van der Waals surface area contributed by atoms with Gasteiger partial charge in [0.1, 0.15) is 0 Å². The first-order valence-electron chi connectivity index (χ1n) is 7.57. The minimum atomic E-state index is -1.24. The zero-order valence-corrected chi connectivity index (χ0v) is 13.4. The van der Waals surface area contributed by atoms with Gasteiger partial charge in [-0.25, -0.2) is 4.21 Å². The summed E-state index contributed by atoms with van der Waals surface area (Å²) < 4.78 is 12.9. The van der Waals surface area contributed by atoms with E-state index in [-0.39, 0.29) is 0 Å². The fourth-order valence-electron chi connectivity index (χ4n) is 2.94. The molecule has 114 valence electrons. The Hall–Kier alpha value is -1.94. The number of hydrogen-bond acceptors (Lipinski definition) is 2. The fourth-order valence-corrected chi connectivity index (χ4v) is 4.42. The van der Waals surface area contributed by atoms with Crippen LogP contribution in [0.1, 0.15) is 46.8 Å². The van der Waals surface area contributed by atoms with Crippen LogP contribution in [-0.4, -0.2) is 10.1 Å². The van der Waals surface area contributed by atoms with Gasteiger partial charge in [-0.2, -0.15) is 0 Å². The topological polar surface area (TPSA) is 60.2 Å². The molecular formula is C18H19NO2S. The first kappa shape index (κ1) is 15.0. The Bertz CT molecular complexity index is 768. The maximum Gasteiger partial charge on any atom is 0.248 e. The number of carbonyl (C=O) groups excluding carboxylic acids is 1. The van der Waals surface area contributed by atoms with Crippen LogP contribution in [0.2, 0.25) is 0 Å². The molecule has 2 aromatic rings. The number of hydrogen-bond donors (Lipinski definition) is 1. The number of aryl methyl sites for hydroxylation is 1. The zero-order valence-electron chi connectivity index (χ0n) is 12.6. The van der Waals surface area contributed by atoms with E-state index < -0.39 is 16.7 Å². The minimum absolute atomic E-state index is 0.456. The summed E-state index contributed by atoms with van der Waals surface area (Å²) in [5, 5.41) is 0. The summed E-state index contributed by atoms with van der Waals surface area (Å²) in [6.45, 7) is 2.14. The van der Waals surface area contributed by atoms with E-state index in [1.165, 1.54) is 0 Å². The van der Waals surface area contributed by atoms with Gasteiger partial charge in [0.15, 0.2) is 0 Å². The van der Waals surface area contributed by atoms with Crippen molar-refractivity contribution in [1.82, 2.24) is 0 Å². The zero-order chi connectivity index (χ0) is 15.7. The molecule has 22 heavy (non-hydrogen) atoms. The monoisotopic (exact) mass is 313 g/mol. The molecule has 1 amide bonds. The predicted octanol–water partition coefficient (Wildman–Crippen LogP) is 3.20. The van der Waals surface area contributed by atoms with Crippen LogP contribution in [0.5, 0.6) is 0 Å². The molecule has 3 rings (SSSR count). The average molecular weight is 313 g/mol. The van der Waals surface area contributed by atoms with Crippen LogP contribution in [0.25, 0.3) is 0 Å². The first-order chi connectivity index (χ1) is 10.6. The van der Waals surface area contributed by atoms with E-state index in [2.05, 4.69) is 6.92 Å². The highest BCUT2D eigenvalue weighted by Gasteiger charge is 2.25. The summed E-state index contributed by atoms with van der Waals surface area (Å²) >= 11 is 0. The fraction of sp³-hybridized carbons (Fsp3) is 0.278. The van der Waals surface area contributed by atoms with E-state index in [1.807, 2.05) is 30.3 Å². The lowest BCUT2D eigenvalue weighted by atomic mass is 9.94. The molecule has 0 aliphatic carbocycles. The number of benzene rings is 2. The standard InChI is InChI=1S/C18H19NO2S/c1-2-3-6-12-9-14(18(19)20)11-17-15(12)10-13-7-4-5-8-16(13)22(17)21/h4-5,7-9,11H,2-3,6,10H2,1H3,(H2,19,20). The van der Waals surface area contributed by atoms with Crippen molar-refractivity contribution in [1.29, 1.82) is 0 Å². The lowest BCUT2D eigenvalue weighted by Gasteiger charge is -2.22. The number of amides is 1. The Balaban J connectivity index is 2.16. The van der Waals surface area contributed by atoms with Crippen LogP contribution >= 0.6 is 0 Å². The summed E-state index contributed by atoms with van der Waals surface area (Å²) in [7, 11) is -1.24. The van der Waals surface area contributed by atoms with E-state index in [0.29, 0.717) is 5.56 Å². The molecular weight excluding hydrogens is 294 g/mol. The van der Waals surface area contributed by atoms with Crippen molar-refractivity contribution < 1.29 is 9.00 Å². The molecule has 2 aromatic carbocycles. The lowest BCUT2D eigenvalue weighted by molar-refractivity contribution is 0.1000. The van der Waals surface area contributed by atoms with Crippen LogP contribution in [0.3, 0.4) is 0 Å². The normalized spacial score (nSPS) is 16.0. The molecule has 1 atom stereocenters. The second kappa shape index (κ2) is 6.05. The van der Waals surface area contributed by atoms with Gasteiger partial charge in [0.2, 0.25) is 5.91 Å². The Kier molecular flexibility index (Phi) is 4.12. The lowest BCUT2D eigenvalue weighted by Crippen LogP contribution is -2.17. The maximum absolute atomic E-state index is 12.9. The number of rotatable bonds is 4. The van der Waals surface area contributed by atoms with Crippen molar-refractivity contribution >= 4 is 16.7 Å². The van der Waals surface area contributed by atoms with E-state index in [0.717, 1.165) is 52.2 Å². The van der Waals surface area contributed by atoms with Gasteiger partial charge in [0, 0.05) is 21.8 Å². The number of fused-ring (bicyclic) bond motifs is 2. The Labute approximate surface area is 133 Å². The van der Waals surface area contributed by atoms with Crippen molar-refractivity contribution in [3.8, 4) is 0 Å². The van der Waals surface area contributed by atoms with Crippen molar-refractivity contribution in [3.63, 3.8) is 0 Å². The van der Waals surface area contributed by atoms with Gasteiger partial charge in [-0.05, 0) is 47.7 Å². The molecule has 1 aliphatic rings. The SMILES string of the molecule is CCCCc1cc(C(N)=O)cc2c1Cc1ccccc1S2=O. The van der Waals surface area contributed by atoms with Gasteiger partial charge in [-0.15, -0.1) is 0 Å². The molecule has 0 aromatic heterocycles. The number of carbonyl (C=O) groups is 1. The van der Waals surface area contributed by atoms with Crippen LogP contribution in [0.15, 0.2) is 46.2 Å². The minimum Gasteiger partial charge on any atom is -0.366 e. The Morgan fingerprint density at radius 2 is 2.00 bits per heavy atom. The third-order valence-electron chi connectivity index (χ3n) is 4.12. The Morgan fingerprint density at radius 1 is 1.23 bits per heavy atom. The summed E-state index contributed by atoms with van der Waals surface area (Å²) in [6.07, 6.45) is 3.78. The second-order valence-corrected chi connectivity index (χ2v) is 7.05. The molecule has 0 saturated heterocycles. The van der Waals surface area contributed by atoms with Crippen LogP contribution in [0, 0.1) is 0 Å². The second-order valence-electron chi connectivity index (χ2n) is 5.63. The summed E-state index contributed by atoms with van der Waals surface area (Å²) in [5.41, 5.74) is 9.23. The van der Waals surface area contributed by atoms with Crippen LogP contribution < -0.4 is 5.73 Å². The van der Waals surface area contributed by atoms with E-state index in [9.17, 15) is 9.00 Å². The maximum atomic E-state index is 12.9. The quantitative estimate of drug-likeness (QED) is 0.804. The molecule has 0 bridgehead atoms. The summed E-state index contributed by atoms with van der Waals surface area (Å²) in [5.74, 6) is -0.462. The summed E-state index contributed by atoms with van der Waals surface area (Å²) in [4.78, 5) is 13.2. The summed E-state index contributed by atoms with van der Waals surface area (Å²) in [6, 6.07) is 11.4. The van der Waals surface area contributed by atoms with Crippen molar-refractivity contribution in [2.24, 2.45) is 5.73 Å². The molecule has 1 heterocycles. The molecule has 0 radical (unpaired) electrons. The van der Waals surface area contributed by atoms with Crippen molar-refractivity contribution in [3.05, 3.63) is 58.7 Å². The largest absolute Gasteiger partial charge is 0.366 e.